The van der Waals surface area contributed by atoms with Crippen LogP contribution >= 0.6 is 0 Å². The molecule has 0 aliphatic heterocycles. The summed E-state index contributed by atoms with van der Waals surface area (Å²) in [5.74, 6) is 3.05. The second kappa shape index (κ2) is 34.4. The van der Waals surface area contributed by atoms with E-state index in [-0.39, 0.29) is 0 Å². The average Bonchev–Trinajstić information content (AvgIpc) is 4.22. The van der Waals surface area contributed by atoms with E-state index in [2.05, 4.69) is 102 Å². The van der Waals surface area contributed by atoms with Gasteiger partial charge >= 0.3 is 0 Å². The number of aromatic nitrogens is 21. The Hall–Kier alpha value is -8.23. The fourth-order valence-electron chi connectivity index (χ4n) is 4.53. The van der Waals surface area contributed by atoms with Gasteiger partial charge in [-0.3, -0.25) is 0 Å². The number of aromatic amines is 5. The van der Waals surface area contributed by atoms with E-state index in [0.717, 1.165) is 61.6 Å². The van der Waals surface area contributed by atoms with Crippen molar-refractivity contribution < 1.29 is 0 Å². The number of benzene rings is 4. The highest BCUT2D eigenvalue weighted by Crippen LogP contribution is 2.07. The average molecular weight is 886 g/mol. The number of hydrogen-bond donors (Lipinski definition) is 5. The second-order valence-corrected chi connectivity index (χ2v) is 11.4. The Morgan fingerprint density at radius 1 is 0.415 bits per heavy atom. The Bertz CT molecular complexity index is 2270. The number of H-pyrrole nitrogens is 5. The lowest BCUT2D eigenvalue weighted by molar-refractivity contribution is 0.710. The maximum atomic E-state index is 4.06. The van der Waals surface area contributed by atoms with Crippen molar-refractivity contribution in [1.29, 1.82) is 0 Å². The van der Waals surface area contributed by atoms with Gasteiger partial charge in [0.1, 0.15) is 45.9 Å². The maximum absolute atomic E-state index is 4.06. The van der Waals surface area contributed by atoms with E-state index in [0.29, 0.717) is 5.82 Å². The highest BCUT2D eigenvalue weighted by atomic mass is 15.5. The number of hydrogen-bond acceptors (Lipinski definition) is 15. The molecule has 0 saturated carbocycles. The molecule has 0 spiro atoms. The topological polar surface area (TPSA) is 277 Å². The second-order valence-electron chi connectivity index (χ2n) is 11.4. The lowest BCUT2D eigenvalue weighted by Gasteiger charge is -1.94. The predicted octanol–water partition coefficient (Wildman–Crippen LogP) is 8.66. The standard InChI is InChI=1S/2C7H6N2.2C6H5N3.C6H9N3.2C2H4N4.4C2H6/c2*1-2-4-7-6(3-1)8-5-9-7;2*1-2-4-6-5(3-1)7-9-8-6;1-4-7-5(2)9-6(3)8-4;1-6-2-3-4-5-6;1-2-3-5-6-4-2;4*1-2/h2*1-5H,(H,8,9);2*1-4H,(H,7,8,9);1-3H3;2H,1H3;1H3,(H,3,4,5,6);4*1-2H3. The summed E-state index contributed by atoms with van der Waals surface area (Å²) in [7, 11) is 1.76. The monoisotopic (exact) mass is 886 g/mol. The van der Waals surface area contributed by atoms with Crippen LogP contribution in [0.1, 0.15) is 78.7 Å². The number of fused-ring (bicyclic) bond motifs is 4. The number of para-hydroxylation sites is 8. The molecule has 0 atom stereocenters. The molecule has 7 aromatic heterocycles. The SMILES string of the molecule is CC.CC.CC.CC.Cc1nc(C)nc(C)n1.Cc1nn[nH]n1.Cn1cnnn1.c1ccc2[nH]cnc2c1.c1ccc2[nH]cnc2c1.c1ccc2n[nH]nc2c1.c1ccc2n[nH]nc2c1. The van der Waals surface area contributed by atoms with Crippen molar-refractivity contribution in [2.24, 2.45) is 7.05 Å². The Morgan fingerprint density at radius 3 is 1.02 bits per heavy atom. The third-order valence-electron chi connectivity index (χ3n) is 6.97. The summed E-state index contributed by atoms with van der Waals surface area (Å²) in [6.07, 6.45) is 4.93. The summed E-state index contributed by atoms with van der Waals surface area (Å²) in [4.78, 5) is 26.2. The zero-order valence-electron chi connectivity index (χ0n) is 39.6. The minimum absolute atomic E-state index is 0.676. The van der Waals surface area contributed by atoms with E-state index in [1.165, 1.54) is 11.0 Å². The van der Waals surface area contributed by atoms with Gasteiger partial charge in [0.05, 0.1) is 34.7 Å². The molecule has 344 valence electrons. The molecule has 0 aliphatic carbocycles. The maximum Gasteiger partial charge on any atom is 0.171 e. The lowest BCUT2D eigenvalue weighted by atomic mass is 10.3. The zero-order chi connectivity index (χ0) is 48.1. The first kappa shape index (κ1) is 54.8. The summed E-state index contributed by atoms with van der Waals surface area (Å²) in [6.45, 7) is 23.4. The van der Waals surface area contributed by atoms with Crippen molar-refractivity contribution in [3.63, 3.8) is 0 Å². The molecule has 0 unspecified atom stereocenters. The highest BCUT2D eigenvalue weighted by molar-refractivity contribution is 5.75. The molecule has 0 radical (unpaired) electrons. The quantitative estimate of drug-likeness (QED) is 0.0952. The molecule has 65 heavy (non-hydrogen) atoms. The third kappa shape index (κ3) is 21.9. The van der Waals surface area contributed by atoms with Crippen LogP contribution in [0.25, 0.3) is 44.1 Å². The van der Waals surface area contributed by atoms with Crippen molar-refractivity contribution >= 4 is 44.1 Å². The van der Waals surface area contributed by atoms with Gasteiger partial charge in [-0.15, -0.1) is 15.3 Å². The van der Waals surface area contributed by atoms with E-state index in [1.807, 2.05) is 173 Å². The number of imidazole rings is 2. The van der Waals surface area contributed by atoms with Gasteiger partial charge in [-0.1, -0.05) is 109 Å². The van der Waals surface area contributed by atoms with Gasteiger partial charge in [-0.25, -0.2) is 29.6 Å². The van der Waals surface area contributed by atoms with Crippen LogP contribution in [0.2, 0.25) is 0 Å². The van der Waals surface area contributed by atoms with Gasteiger partial charge in [-0.05, 0) is 86.7 Å². The van der Waals surface area contributed by atoms with Crippen LogP contribution < -0.4 is 0 Å². The third-order valence-corrected chi connectivity index (χ3v) is 6.97. The molecule has 0 saturated heterocycles. The van der Waals surface area contributed by atoms with Gasteiger partial charge in [0.2, 0.25) is 0 Å². The van der Waals surface area contributed by atoms with E-state index in [1.54, 1.807) is 26.6 Å². The summed E-state index contributed by atoms with van der Waals surface area (Å²) >= 11 is 0. The van der Waals surface area contributed by atoms with Crippen LogP contribution in [0.15, 0.2) is 116 Å². The zero-order valence-corrected chi connectivity index (χ0v) is 39.6. The van der Waals surface area contributed by atoms with Crippen LogP contribution in [0, 0.1) is 27.7 Å². The summed E-state index contributed by atoms with van der Waals surface area (Å²) in [5.41, 5.74) is 7.90. The smallest absolute Gasteiger partial charge is 0.171 e. The lowest BCUT2D eigenvalue weighted by Crippen LogP contribution is -1.97. The number of rotatable bonds is 0. The fraction of sp³-hybridized carbons (Fsp3) is 0.295. The van der Waals surface area contributed by atoms with Crippen molar-refractivity contribution in [3.8, 4) is 0 Å². The molecule has 11 rings (SSSR count). The minimum atomic E-state index is 0.676. The molecule has 5 N–H and O–H groups in total. The largest absolute Gasteiger partial charge is 0.345 e. The molecule has 0 fully saturated rings. The number of nitrogens with one attached hydrogen (secondary N) is 5. The van der Waals surface area contributed by atoms with E-state index in [9.17, 15) is 0 Å². The van der Waals surface area contributed by atoms with Crippen molar-refractivity contribution in [1.82, 2.24) is 107 Å². The summed E-state index contributed by atoms with van der Waals surface area (Å²) < 4.78 is 1.53. The molecule has 0 amide bonds. The molecule has 4 aromatic carbocycles. The van der Waals surface area contributed by atoms with Gasteiger partial charge in [0, 0.05) is 7.05 Å². The molecular formula is C44H63N21. The Kier molecular flexibility index (Phi) is 29.0. The van der Waals surface area contributed by atoms with Crippen LogP contribution in [0.5, 0.6) is 0 Å². The fourth-order valence-corrected chi connectivity index (χ4v) is 4.53. The van der Waals surface area contributed by atoms with Crippen LogP contribution in [0.3, 0.4) is 0 Å². The molecule has 11 aromatic rings. The van der Waals surface area contributed by atoms with E-state index >= 15 is 0 Å². The molecular weight excluding hydrogens is 823 g/mol. The van der Waals surface area contributed by atoms with Gasteiger partial charge in [0.25, 0.3) is 0 Å². The van der Waals surface area contributed by atoms with Crippen LogP contribution in [-0.4, -0.2) is 107 Å². The Labute approximate surface area is 379 Å². The summed E-state index contributed by atoms with van der Waals surface area (Å²) in [6, 6.07) is 31.3. The highest BCUT2D eigenvalue weighted by Gasteiger charge is 1.93. The van der Waals surface area contributed by atoms with Crippen molar-refractivity contribution in [2.45, 2.75) is 83.1 Å². The number of aryl methyl sites for hydroxylation is 5. The van der Waals surface area contributed by atoms with Crippen molar-refractivity contribution in [3.05, 3.63) is 139 Å². The van der Waals surface area contributed by atoms with Gasteiger partial charge in [0.15, 0.2) is 5.82 Å². The molecule has 21 heteroatoms. The first-order valence-corrected chi connectivity index (χ1v) is 21.1. The van der Waals surface area contributed by atoms with Crippen LogP contribution in [-0.2, 0) is 7.05 Å². The van der Waals surface area contributed by atoms with Crippen LogP contribution in [0.4, 0.5) is 0 Å². The minimum Gasteiger partial charge on any atom is -0.345 e. The van der Waals surface area contributed by atoms with Gasteiger partial charge in [-0.2, -0.15) is 36.0 Å². The van der Waals surface area contributed by atoms with Gasteiger partial charge < -0.3 is 9.97 Å². The number of tetrazole rings is 2. The first-order valence-electron chi connectivity index (χ1n) is 21.1. The molecule has 21 nitrogen and oxygen atoms in total. The normalized spacial score (nSPS) is 9.00. The van der Waals surface area contributed by atoms with E-state index in [4.69, 9.17) is 0 Å². The summed E-state index contributed by atoms with van der Waals surface area (Å²) in [5, 5.41) is 43.5. The first-order chi connectivity index (χ1) is 31.8. The molecule has 0 aliphatic rings. The van der Waals surface area contributed by atoms with Crippen molar-refractivity contribution in [2.75, 3.05) is 0 Å². The molecule has 7 heterocycles. The Morgan fingerprint density at radius 2 is 0.769 bits per heavy atom. The van der Waals surface area contributed by atoms with E-state index < -0.39 is 0 Å². The number of nitrogens with zero attached hydrogens (tertiary/aromatic N) is 16. The molecule has 0 bridgehead atoms. The Balaban J connectivity index is 0.000000371. The predicted molar refractivity (Wildman–Crippen MR) is 257 cm³/mol.